The van der Waals surface area contributed by atoms with E-state index in [1.54, 1.807) is 18.2 Å². The number of rotatable bonds is 5. The third-order valence-electron chi connectivity index (χ3n) is 9.00. The molecule has 6 rings (SSSR count). The van der Waals surface area contributed by atoms with Crippen molar-refractivity contribution in [2.24, 2.45) is 17.8 Å². The lowest BCUT2D eigenvalue weighted by Gasteiger charge is -2.50. The van der Waals surface area contributed by atoms with Gasteiger partial charge in [0, 0.05) is 18.0 Å². The number of nitrogens with zero attached hydrogens (tertiary/aromatic N) is 2. The molecule has 2 aliphatic carbocycles. The molecule has 2 aromatic carbocycles. The highest BCUT2D eigenvalue weighted by Crippen LogP contribution is 2.66. The molecule has 2 aromatic rings. The van der Waals surface area contributed by atoms with Crippen LogP contribution < -0.4 is 9.64 Å². The number of benzene rings is 2. The van der Waals surface area contributed by atoms with Gasteiger partial charge in [0.15, 0.2) is 21.2 Å². The number of phenols is 1. The van der Waals surface area contributed by atoms with Crippen molar-refractivity contribution in [2.75, 3.05) is 18.6 Å². The van der Waals surface area contributed by atoms with Gasteiger partial charge in [-0.1, -0.05) is 30.7 Å². The van der Waals surface area contributed by atoms with Crippen LogP contribution in [0.1, 0.15) is 37.7 Å². The molecule has 0 aromatic heterocycles. The number of amides is 4. The minimum atomic E-state index is -2.13. The molecule has 4 aliphatic rings. The van der Waals surface area contributed by atoms with E-state index in [1.807, 2.05) is 6.92 Å². The van der Waals surface area contributed by atoms with Gasteiger partial charge in [-0.15, -0.1) is 23.2 Å². The van der Waals surface area contributed by atoms with Gasteiger partial charge < -0.3 is 9.84 Å². The standard InChI is InChI=1S/C30H27Cl2FN2O6/c1-3-13-34-25(37)18-12-11-17-20(22(18)26(34)38)14-29(31)27(39)35(16-9-7-15(33)8-10-16)28(40)30(29,32)23(17)19-5-4-6-21(41-2)24(19)36/h4-11,18,20,22-23,36H,3,12-14H2,1-2H3/t18-,20+,22-,23+,29+,30-/m0/s1. The maximum Gasteiger partial charge on any atom is 0.258 e. The lowest BCUT2D eigenvalue weighted by atomic mass is 9.56. The molecule has 214 valence electrons. The number of methoxy groups -OCH3 is 1. The molecule has 8 nitrogen and oxygen atoms in total. The number of para-hydroxylation sites is 1. The van der Waals surface area contributed by atoms with Crippen LogP contribution in [0.4, 0.5) is 10.1 Å². The first-order chi connectivity index (χ1) is 19.5. The Kier molecular flexibility index (Phi) is 6.46. The molecular weight excluding hydrogens is 574 g/mol. The Morgan fingerprint density at radius 2 is 1.73 bits per heavy atom. The summed E-state index contributed by atoms with van der Waals surface area (Å²) in [6.07, 6.45) is 2.43. The number of hydrogen-bond acceptors (Lipinski definition) is 6. The number of halogens is 3. The second-order valence-corrected chi connectivity index (χ2v) is 12.2. The van der Waals surface area contributed by atoms with Gasteiger partial charge in [0.25, 0.3) is 11.8 Å². The molecule has 0 spiro atoms. The zero-order chi connectivity index (χ0) is 29.4. The van der Waals surface area contributed by atoms with Crippen molar-refractivity contribution in [3.05, 3.63) is 65.5 Å². The molecule has 41 heavy (non-hydrogen) atoms. The number of likely N-dealkylation sites (tertiary alicyclic amines) is 1. The van der Waals surface area contributed by atoms with Crippen LogP contribution in [0.25, 0.3) is 0 Å². The predicted octanol–water partition coefficient (Wildman–Crippen LogP) is 4.51. The lowest BCUT2D eigenvalue weighted by molar-refractivity contribution is -0.140. The van der Waals surface area contributed by atoms with E-state index in [0.717, 1.165) is 17.0 Å². The first kappa shape index (κ1) is 27.7. The summed E-state index contributed by atoms with van der Waals surface area (Å²) in [7, 11) is 1.38. The quantitative estimate of drug-likeness (QED) is 0.307. The average molecular weight is 601 g/mol. The van der Waals surface area contributed by atoms with Gasteiger partial charge in [0.2, 0.25) is 11.8 Å². The fourth-order valence-corrected chi connectivity index (χ4v) is 8.12. The Balaban J connectivity index is 1.57. The summed E-state index contributed by atoms with van der Waals surface area (Å²) in [5.41, 5.74) is 0.839. The third-order valence-corrected chi connectivity index (χ3v) is 10.4. The minimum Gasteiger partial charge on any atom is -0.504 e. The molecule has 2 heterocycles. The summed E-state index contributed by atoms with van der Waals surface area (Å²) >= 11 is 14.6. The molecule has 4 amide bonds. The molecule has 2 aliphatic heterocycles. The number of phenolic OH excluding ortho intramolecular Hbond substituents is 1. The second kappa shape index (κ2) is 9.56. The maximum atomic E-state index is 14.3. The van der Waals surface area contributed by atoms with Crippen LogP contribution in [-0.2, 0) is 19.2 Å². The van der Waals surface area contributed by atoms with Gasteiger partial charge in [-0.05, 0) is 55.5 Å². The number of hydrogen-bond donors (Lipinski definition) is 1. The molecule has 1 N–H and O–H groups in total. The van der Waals surface area contributed by atoms with Crippen molar-refractivity contribution in [3.63, 3.8) is 0 Å². The van der Waals surface area contributed by atoms with Crippen molar-refractivity contribution >= 4 is 52.5 Å². The van der Waals surface area contributed by atoms with E-state index in [9.17, 15) is 28.7 Å². The van der Waals surface area contributed by atoms with Crippen LogP contribution in [0.5, 0.6) is 11.5 Å². The average Bonchev–Trinajstić information content (AvgIpc) is 3.28. The molecule has 1 saturated carbocycles. The van der Waals surface area contributed by atoms with Crippen molar-refractivity contribution in [1.82, 2.24) is 4.90 Å². The zero-order valence-electron chi connectivity index (χ0n) is 22.3. The first-order valence-corrected chi connectivity index (χ1v) is 14.2. The van der Waals surface area contributed by atoms with E-state index in [-0.39, 0.29) is 54.0 Å². The number of alkyl halides is 2. The molecular formula is C30H27Cl2FN2O6. The van der Waals surface area contributed by atoms with E-state index in [2.05, 4.69) is 0 Å². The van der Waals surface area contributed by atoms with Crippen molar-refractivity contribution < 1.29 is 33.4 Å². The van der Waals surface area contributed by atoms with E-state index in [1.165, 1.54) is 30.2 Å². The van der Waals surface area contributed by atoms with Crippen LogP contribution in [0.3, 0.4) is 0 Å². The monoisotopic (exact) mass is 600 g/mol. The SMILES string of the molecule is CCCN1C(=O)[C@H]2[C@H](CC=C3[C@H]2C[C@@]2(Cl)C(=O)N(c4ccc(F)cc4)C(=O)[C@@]2(Cl)[C@H]3c2cccc(OC)c2O)C1=O. The number of carbonyl (C=O) groups is 4. The Morgan fingerprint density at radius 3 is 2.39 bits per heavy atom. The summed E-state index contributed by atoms with van der Waals surface area (Å²) in [5.74, 6) is -6.30. The van der Waals surface area contributed by atoms with Crippen LogP contribution >= 0.6 is 23.2 Å². The zero-order valence-corrected chi connectivity index (χ0v) is 23.8. The van der Waals surface area contributed by atoms with E-state index < -0.39 is 51.1 Å². The van der Waals surface area contributed by atoms with Gasteiger partial charge in [0.1, 0.15) is 5.82 Å². The first-order valence-electron chi connectivity index (χ1n) is 13.4. The number of ether oxygens (including phenoxy) is 1. The minimum absolute atomic E-state index is 0.0838. The van der Waals surface area contributed by atoms with Crippen LogP contribution in [0.2, 0.25) is 0 Å². The molecule has 0 radical (unpaired) electrons. The summed E-state index contributed by atoms with van der Waals surface area (Å²) in [6, 6.07) is 9.52. The lowest BCUT2D eigenvalue weighted by Crippen LogP contribution is -2.60. The summed E-state index contributed by atoms with van der Waals surface area (Å²) in [5, 5.41) is 11.3. The Morgan fingerprint density at radius 1 is 1.02 bits per heavy atom. The Labute approximate surface area is 245 Å². The predicted molar refractivity (Wildman–Crippen MR) is 148 cm³/mol. The third kappa shape index (κ3) is 3.57. The highest BCUT2D eigenvalue weighted by atomic mass is 35.5. The fraction of sp³-hybridized carbons (Fsp3) is 0.400. The molecule has 3 fully saturated rings. The summed E-state index contributed by atoms with van der Waals surface area (Å²) in [4.78, 5) is 53.3. The van der Waals surface area contributed by atoms with Crippen LogP contribution in [0, 0.1) is 23.6 Å². The maximum absolute atomic E-state index is 14.3. The number of carbonyl (C=O) groups excluding carboxylic acids is 4. The summed E-state index contributed by atoms with van der Waals surface area (Å²) < 4.78 is 19.1. The highest BCUT2D eigenvalue weighted by molar-refractivity contribution is 6.58. The fourth-order valence-electron chi connectivity index (χ4n) is 7.19. The van der Waals surface area contributed by atoms with Gasteiger partial charge in [-0.25, -0.2) is 9.29 Å². The van der Waals surface area contributed by atoms with Crippen molar-refractivity contribution in [1.29, 1.82) is 0 Å². The summed E-state index contributed by atoms with van der Waals surface area (Å²) in [6.45, 7) is 2.14. The molecule has 0 unspecified atom stereocenters. The highest BCUT2D eigenvalue weighted by Gasteiger charge is 2.76. The van der Waals surface area contributed by atoms with Crippen LogP contribution in [-0.4, -0.2) is 57.0 Å². The normalized spacial score (nSPS) is 32.6. The Bertz CT molecular complexity index is 1530. The molecule has 6 atom stereocenters. The largest absolute Gasteiger partial charge is 0.504 e. The number of imide groups is 2. The van der Waals surface area contributed by atoms with Gasteiger partial charge in [-0.2, -0.15) is 0 Å². The molecule has 2 saturated heterocycles. The number of anilines is 1. The van der Waals surface area contributed by atoms with E-state index in [4.69, 9.17) is 27.9 Å². The number of allylic oxidation sites excluding steroid dienone is 2. The Hall–Kier alpha value is -3.43. The van der Waals surface area contributed by atoms with Gasteiger partial charge in [0.05, 0.1) is 24.6 Å². The number of fused-ring (bicyclic) bond motifs is 4. The van der Waals surface area contributed by atoms with Gasteiger partial charge >= 0.3 is 0 Å². The van der Waals surface area contributed by atoms with Crippen molar-refractivity contribution in [3.8, 4) is 11.5 Å². The smallest absolute Gasteiger partial charge is 0.258 e. The topological polar surface area (TPSA) is 104 Å². The number of aromatic hydroxyl groups is 1. The van der Waals surface area contributed by atoms with Crippen molar-refractivity contribution in [2.45, 2.75) is 41.9 Å². The van der Waals surface area contributed by atoms with Crippen LogP contribution in [0.15, 0.2) is 54.1 Å². The van der Waals surface area contributed by atoms with E-state index in [0.29, 0.717) is 12.0 Å². The van der Waals surface area contributed by atoms with E-state index >= 15 is 0 Å². The second-order valence-electron chi connectivity index (χ2n) is 11.0. The van der Waals surface area contributed by atoms with Gasteiger partial charge in [-0.3, -0.25) is 24.1 Å². The molecule has 0 bridgehead atoms. The molecule has 11 heteroatoms.